The second-order valence-electron chi connectivity index (χ2n) is 4.40. The molecule has 2 heteroatoms. The van der Waals surface area contributed by atoms with Crippen molar-refractivity contribution in [2.24, 2.45) is 0 Å². The fraction of sp³-hybridized carbons (Fsp3) is 0.200. The second kappa shape index (κ2) is 4.13. The van der Waals surface area contributed by atoms with Crippen LogP contribution in [0.2, 0.25) is 0 Å². The first kappa shape index (κ1) is 11.5. The van der Waals surface area contributed by atoms with E-state index in [1.807, 2.05) is 32.9 Å². The number of hydrogen-bond acceptors (Lipinski definition) is 2. The molecule has 0 bridgehead atoms. The van der Waals surface area contributed by atoms with Crippen LogP contribution in [0.25, 0.3) is 11.1 Å². The van der Waals surface area contributed by atoms with Crippen LogP contribution in [-0.4, -0.2) is 10.2 Å². The predicted octanol–water partition coefficient (Wildman–Crippen LogP) is 3.69. The number of benzene rings is 2. The van der Waals surface area contributed by atoms with Crippen LogP contribution in [0.1, 0.15) is 16.7 Å². The highest BCUT2D eigenvalue weighted by Gasteiger charge is 2.11. The molecule has 0 heterocycles. The molecule has 0 spiro atoms. The molecule has 2 aromatic rings. The minimum absolute atomic E-state index is 0.243. The van der Waals surface area contributed by atoms with Gasteiger partial charge in [0.25, 0.3) is 0 Å². The monoisotopic (exact) mass is 228 g/mol. The van der Waals surface area contributed by atoms with Gasteiger partial charge >= 0.3 is 0 Å². The highest BCUT2D eigenvalue weighted by atomic mass is 16.3. The summed E-state index contributed by atoms with van der Waals surface area (Å²) in [5.41, 5.74) is 4.99. The highest BCUT2D eigenvalue weighted by molar-refractivity contribution is 5.76. The second-order valence-corrected chi connectivity index (χ2v) is 4.40. The van der Waals surface area contributed by atoms with Crippen molar-refractivity contribution in [2.75, 3.05) is 0 Å². The van der Waals surface area contributed by atoms with Gasteiger partial charge in [0, 0.05) is 0 Å². The van der Waals surface area contributed by atoms with Crippen LogP contribution in [-0.2, 0) is 0 Å². The van der Waals surface area contributed by atoms with Crippen molar-refractivity contribution in [1.29, 1.82) is 0 Å². The standard InChI is InChI=1S/C15H16O2/c1-9-4-6-12(16)8-13(9)15-10(2)5-7-14(17)11(15)3/h4-8,16-17H,1-3H3. The van der Waals surface area contributed by atoms with E-state index in [9.17, 15) is 10.2 Å². The minimum atomic E-state index is 0.243. The third kappa shape index (κ3) is 1.98. The Morgan fingerprint density at radius 1 is 0.824 bits per heavy atom. The van der Waals surface area contributed by atoms with Gasteiger partial charge in [0.1, 0.15) is 11.5 Å². The van der Waals surface area contributed by atoms with Crippen molar-refractivity contribution in [3.63, 3.8) is 0 Å². The number of aryl methyl sites for hydroxylation is 2. The molecule has 2 rings (SSSR count). The number of hydrogen-bond donors (Lipinski definition) is 2. The Balaban J connectivity index is 2.76. The predicted molar refractivity (Wildman–Crippen MR) is 69.4 cm³/mol. The zero-order chi connectivity index (χ0) is 12.6. The summed E-state index contributed by atoms with van der Waals surface area (Å²) in [6.07, 6.45) is 0. The molecule has 0 aromatic heterocycles. The summed E-state index contributed by atoms with van der Waals surface area (Å²) in [5.74, 6) is 0.529. The van der Waals surface area contributed by atoms with Crippen molar-refractivity contribution in [1.82, 2.24) is 0 Å². The first-order valence-corrected chi connectivity index (χ1v) is 5.60. The van der Waals surface area contributed by atoms with Gasteiger partial charge < -0.3 is 10.2 Å². The molecule has 88 valence electrons. The molecule has 0 radical (unpaired) electrons. The largest absolute Gasteiger partial charge is 0.508 e. The molecule has 0 unspecified atom stereocenters. The Bertz CT molecular complexity index is 571. The molecule has 0 fully saturated rings. The van der Waals surface area contributed by atoms with Crippen LogP contribution in [0.3, 0.4) is 0 Å². The van der Waals surface area contributed by atoms with Crippen molar-refractivity contribution >= 4 is 0 Å². The lowest BCUT2D eigenvalue weighted by atomic mass is 9.92. The number of phenols is 2. The third-order valence-electron chi connectivity index (χ3n) is 3.14. The van der Waals surface area contributed by atoms with Crippen LogP contribution in [0, 0.1) is 20.8 Å². The molecule has 17 heavy (non-hydrogen) atoms. The van der Waals surface area contributed by atoms with E-state index in [0.29, 0.717) is 0 Å². The summed E-state index contributed by atoms with van der Waals surface area (Å²) in [4.78, 5) is 0. The van der Waals surface area contributed by atoms with Gasteiger partial charge in [0.2, 0.25) is 0 Å². The topological polar surface area (TPSA) is 40.5 Å². The fourth-order valence-electron chi connectivity index (χ4n) is 2.13. The van der Waals surface area contributed by atoms with Gasteiger partial charge in [0.15, 0.2) is 0 Å². The summed E-state index contributed by atoms with van der Waals surface area (Å²) < 4.78 is 0. The van der Waals surface area contributed by atoms with Crippen LogP contribution >= 0.6 is 0 Å². The Labute approximate surface area is 101 Å². The van der Waals surface area contributed by atoms with Crippen molar-refractivity contribution in [2.45, 2.75) is 20.8 Å². The lowest BCUT2D eigenvalue weighted by Crippen LogP contribution is -1.91. The molecule has 0 aliphatic rings. The average Bonchev–Trinajstić information content (AvgIpc) is 2.29. The maximum Gasteiger partial charge on any atom is 0.119 e. The van der Waals surface area contributed by atoms with Gasteiger partial charge in [-0.1, -0.05) is 12.1 Å². The first-order valence-electron chi connectivity index (χ1n) is 5.60. The van der Waals surface area contributed by atoms with E-state index in [-0.39, 0.29) is 11.5 Å². The quantitative estimate of drug-likeness (QED) is 0.781. The fourth-order valence-corrected chi connectivity index (χ4v) is 2.13. The normalized spacial score (nSPS) is 10.5. The van der Waals surface area contributed by atoms with Crippen molar-refractivity contribution in [3.8, 4) is 22.6 Å². The van der Waals surface area contributed by atoms with E-state index in [1.54, 1.807) is 18.2 Å². The summed E-state index contributed by atoms with van der Waals surface area (Å²) in [7, 11) is 0. The first-order chi connectivity index (χ1) is 8.00. The van der Waals surface area contributed by atoms with Crippen LogP contribution in [0.15, 0.2) is 30.3 Å². The van der Waals surface area contributed by atoms with E-state index in [0.717, 1.165) is 27.8 Å². The van der Waals surface area contributed by atoms with Gasteiger partial charge in [-0.3, -0.25) is 0 Å². The van der Waals surface area contributed by atoms with E-state index in [4.69, 9.17) is 0 Å². The summed E-state index contributed by atoms with van der Waals surface area (Å²) in [6.45, 7) is 5.89. The van der Waals surface area contributed by atoms with E-state index >= 15 is 0 Å². The van der Waals surface area contributed by atoms with E-state index in [1.165, 1.54) is 0 Å². The molecule has 0 saturated carbocycles. The minimum Gasteiger partial charge on any atom is -0.508 e. The Kier molecular flexibility index (Phi) is 2.80. The molecule has 2 N–H and O–H groups in total. The molecule has 0 saturated heterocycles. The van der Waals surface area contributed by atoms with Gasteiger partial charge in [0.05, 0.1) is 0 Å². The Morgan fingerprint density at radius 3 is 2.18 bits per heavy atom. The lowest BCUT2D eigenvalue weighted by Gasteiger charge is -2.14. The van der Waals surface area contributed by atoms with E-state index < -0.39 is 0 Å². The summed E-state index contributed by atoms with van der Waals surface area (Å²) in [5, 5.41) is 19.4. The molecular weight excluding hydrogens is 212 g/mol. The highest BCUT2D eigenvalue weighted by Crippen LogP contribution is 2.35. The molecule has 0 aliphatic heterocycles. The van der Waals surface area contributed by atoms with Crippen LogP contribution in [0.4, 0.5) is 0 Å². The number of phenolic OH excluding ortho intramolecular Hbond substituents is 2. The van der Waals surface area contributed by atoms with Crippen LogP contribution in [0.5, 0.6) is 11.5 Å². The molecular formula is C15H16O2. The SMILES string of the molecule is Cc1ccc(O)cc1-c1c(C)ccc(O)c1C. The van der Waals surface area contributed by atoms with Crippen LogP contribution < -0.4 is 0 Å². The number of aromatic hydroxyl groups is 2. The summed E-state index contributed by atoms with van der Waals surface area (Å²) in [6, 6.07) is 8.89. The lowest BCUT2D eigenvalue weighted by molar-refractivity contribution is 0.471. The van der Waals surface area contributed by atoms with Gasteiger partial charge in [-0.15, -0.1) is 0 Å². The maximum atomic E-state index is 9.78. The molecule has 2 nitrogen and oxygen atoms in total. The van der Waals surface area contributed by atoms with Gasteiger partial charge in [-0.05, 0) is 66.8 Å². The van der Waals surface area contributed by atoms with Crippen molar-refractivity contribution in [3.05, 3.63) is 47.0 Å². The van der Waals surface area contributed by atoms with Crippen molar-refractivity contribution < 1.29 is 10.2 Å². The zero-order valence-electron chi connectivity index (χ0n) is 10.3. The Hall–Kier alpha value is -1.96. The van der Waals surface area contributed by atoms with E-state index in [2.05, 4.69) is 0 Å². The smallest absolute Gasteiger partial charge is 0.119 e. The molecule has 0 amide bonds. The maximum absolute atomic E-state index is 9.78. The third-order valence-corrected chi connectivity index (χ3v) is 3.14. The summed E-state index contributed by atoms with van der Waals surface area (Å²) >= 11 is 0. The van der Waals surface area contributed by atoms with Gasteiger partial charge in [-0.25, -0.2) is 0 Å². The molecule has 0 atom stereocenters. The molecule has 2 aromatic carbocycles. The Morgan fingerprint density at radius 2 is 1.47 bits per heavy atom. The zero-order valence-corrected chi connectivity index (χ0v) is 10.3. The van der Waals surface area contributed by atoms with Gasteiger partial charge in [-0.2, -0.15) is 0 Å². The average molecular weight is 228 g/mol. The molecule has 0 aliphatic carbocycles. The number of rotatable bonds is 1.